The Morgan fingerprint density at radius 1 is 0.613 bits per heavy atom. The van der Waals surface area contributed by atoms with E-state index in [9.17, 15) is 0 Å². The Morgan fingerprint density at radius 3 is 1.23 bits per heavy atom. The molecule has 0 unspecified atom stereocenters. The van der Waals surface area contributed by atoms with Crippen molar-refractivity contribution in [1.82, 2.24) is 0 Å². The molecule has 0 aromatic heterocycles. The molecular formula is C28H54O3. The number of ether oxygens (including phenoxy) is 1. The normalized spacial score (nSPS) is 11.0. The zero-order valence-electron chi connectivity index (χ0n) is 22.1. The number of allylic oxidation sites excluding steroid dienone is 6. The fourth-order valence-electron chi connectivity index (χ4n) is 2.29. The Labute approximate surface area is 195 Å². The highest BCUT2D eigenvalue weighted by Gasteiger charge is 1.87. The first-order valence-electron chi connectivity index (χ1n) is 12.1. The third-order valence-electron chi connectivity index (χ3n) is 4.35. The molecule has 0 aromatic carbocycles. The lowest BCUT2D eigenvalue weighted by Gasteiger charge is -1.99. The number of aliphatic hydroxyl groups excluding tert-OH is 2. The maximum absolute atomic E-state index is 8.55. The van der Waals surface area contributed by atoms with Gasteiger partial charge in [0.2, 0.25) is 0 Å². The lowest BCUT2D eigenvalue weighted by atomic mass is 10.1. The van der Waals surface area contributed by atoms with E-state index in [1.807, 2.05) is 12.2 Å². The molecule has 0 rings (SSSR count). The second-order valence-electron chi connectivity index (χ2n) is 8.43. The van der Waals surface area contributed by atoms with Crippen LogP contribution in [0.3, 0.4) is 0 Å². The average molecular weight is 439 g/mol. The Morgan fingerprint density at radius 2 is 0.968 bits per heavy atom. The number of unbranched alkanes of at least 4 members (excludes halogenated alkanes) is 2. The molecule has 2 N–H and O–H groups in total. The summed E-state index contributed by atoms with van der Waals surface area (Å²) < 4.78 is 5.31. The maximum Gasteiger partial charge on any atom is 0.0614 e. The molecule has 31 heavy (non-hydrogen) atoms. The van der Waals surface area contributed by atoms with Crippen LogP contribution in [0.2, 0.25) is 0 Å². The highest BCUT2D eigenvalue weighted by molar-refractivity contribution is 5.02. The second-order valence-corrected chi connectivity index (χ2v) is 8.43. The summed E-state index contributed by atoms with van der Waals surface area (Å²) in [7, 11) is 0. The number of hydrogen-bond donors (Lipinski definition) is 2. The third-order valence-corrected chi connectivity index (χ3v) is 4.35. The molecule has 0 aliphatic carbocycles. The Bertz CT molecular complexity index is 432. The van der Waals surface area contributed by atoms with Crippen LogP contribution in [0.15, 0.2) is 46.6 Å². The molecule has 0 fully saturated rings. The highest BCUT2D eigenvalue weighted by Crippen LogP contribution is 2.06. The van der Waals surface area contributed by atoms with Crippen molar-refractivity contribution in [3.63, 3.8) is 0 Å². The standard InChI is InChI=1S/2C10H18O.C8H18O/c2*1-9(2)5-4-6-10(3)7-8-11;1-3-5-7-9-8-6-4-2/h2*5,7,11H,4,6,8H2,1-3H3;3-8H2,1-2H3/b2*10-7+;. The van der Waals surface area contributed by atoms with Crippen molar-refractivity contribution in [2.75, 3.05) is 26.4 Å². The predicted octanol–water partition coefficient (Wildman–Crippen LogP) is 7.95. The van der Waals surface area contributed by atoms with Crippen molar-refractivity contribution in [1.29, 1.82) is 0 Å². The summed E-state index contributed by atoms with van der Waals surface area (Å²) in [6.45, 7) is 19.1. The summed E-state index contributed by atoms with van der Waals surface area (Å²) in [5.41, 5.74) is 5.26. The lowest BCUT2D eigenvalue weighted by molar-refractivity contribution is 0.128. The minimum Gasteiger partial charge on any atom is -0.392 e. The van der Waals surface area contributed by atoms with Crippen LogP contribution >= 0.6 is 0 Å². The average Bonchev–Trinajstić information content (AvgIpc) is 2.69. The first kappa shape index (κ1) is 34.5. The minimum absolute atomic E-state index is 0.167. The van der Waals surface area contributed by atoms with E-state index in [1.165, 1.54) is 48.0 Å². The summed E-state index contributed by atoms with van der Waals surface area (Å²) in [5, 5.41) is 17.1. The minimum atomic E-state index is 0.167. The quantitative estimate of drug-likeness (QED) is 0.214. The maximum atomic E-state index is 8.55. The number of rotatable bonds is 14. The smallest absolute Gasteiger partial charge is 0.0614 e. The van der Waals surface area contributed by atoms with Gasteiger partial charge >= 0.3 is 0 Å². The molecule has 0 saturated heterocycles. The van der Waals surface area contributed by atoms with Crippen LogP contribution in [0.25, 0.3) is 0 Å². The van der Waals surface area contributed by atoms with Gasteiger partial charge in [-0.2, -0.15) is 0 Å². The van der Waals surface area contributed by atoms with Gasteiger partial charge in [-0.15, -0.1) is 0 Å². The van der Waals surface area contributed by atoms with E-state index in [0.29, 0.717) is 0 Å². The van der Waals surface area contributed by atoms with Gasteiger partial charge in [0.15, 0.2) is 0 Å². The molecule has 0 amide bonds. The van der Waals surface area contributed by atoms with Crippen LogP contribution in [0, 0.1) is 0 Å². The van der Waals surface area contributed by atoms with Crippen molar-refractivity contribution in [3.05, 3.63) is 46.6 Å². The molecule has 3 heteroatoms. The SMILES string of the molecule is CC(C)=CCC/C(C)=C/CO.CC(C)=CCC/C(C)=C/CO.CCCCOCCCC. The number of hydrogen-bond acceptors (Lipinski definition) is 3. The molecule has 0 heterocycles. The van der Waals surface area contributed by atoms with Gasteiger partial charge in [-0.3, -0.25) is 0 Å². The molecule has 0 bridgehead atoms. The molecule has 0 aliphatic rings. The zero-order valence-corrected chi connectivity index (χ0v) is 22.1. The summed E-state index contributed by atoms with van der Waals surface area (Å²) >= 11 is 0. The molecule has 0 atom stereocenters. The molecule has 0 spiro atoms. The van der Waals surface area contributed by atoms with E-state index in [1.54, 1.807) is 0 Å². The third kappa shape index (κ3) is 39.8. The van der Waals surface area contributed by atoms with E-state index in [-0.39, 0.29) is 13.2 Å². The van der Waals surface area contributed by atoms with E-state index in [2.05, 4.69) is 67.5 Å². The Balaban J connectivity index is -0.000000382. The van der Waals surface area contributed by atoms with Crippen LogP contribution in [0.1, 0.15) is 107 Å². The number of aliphatic hydroxyl groups is 2. The van der Waals surface area contributed by atoms with Crippen LogP contribution in [0.5, 0.6) is 0 Å². The zero-order chi connectivity index (χ0) is 24.3. The molecule has 0 saturated carbocycles. The summed E-state index contributed by atoms with van der Waals surface area (Å²) in [6.07, 6.45) is 17.4. The second kappa shape index (κ2) is 28.8. The monoisotopic (exact) mass is 438 g/mol. The fourth-order valence-corrected chi connectivity index (χ4v) is 2.29. The van der Waals surface area contributed by atoms with Crippen molar-refractivity contribution >= 4 is 0 Å². The van der Waals surface area contributed by atoms with Crippen molar-refractivity contribution in [2.24, 2.45) is 0 Å². The van der Waals surface area contributed by atoms with Gasteiger partial charge in [0.05, 0.1) is 13.2 Å². The van der Waals surface area contributed by atoms with Gasteiger partial charge in [0.25, 0.3) is 0 Å². The highest BCUT2D eigenvalue weighted by atomic mass is 16.5. The van der Waals surface area contributed by atoms with Crippen molar-refractivity contribution < 1.29 is 14.9 Å². The lowest BCUT2D eigenvalue weighted by Crippen LogP contribution is -1.95. The molecule has 0 radical (unpaired) electrons. The van der Waals surface area contributed by atoms with Crippen LogP contribution in [-0.2, 0) is 4.74 Å². The van der Waals surface area contributed by atoms with E-state index >= 15 is 0 Å². The summed E-state index contributed by atoms with van der Waals surface area (Å²) in [6, 6.07) is 0. The van der Waals surface area contributed by atoms with Crippen molar-refractivity contribution in [3.8, 4) is 0 Å². The van der Waals surface area contributed by atoms with E-state index < -0.39 is 0 Å². The van der Waals surface area contributed by atoms with Gasteiger partial charge in [0, 0.05) is 13.2 Å². The molecular weight excluding hydrogens is 384 g/mol. The fraction of sp³-hybridized carbons (Fsp3) is 0.714. The van der Waals surface area contributed by atoms with Crippen LogP contribution in [-0.4, -0.2) is 36.6 Å². The Hall–Kier alpha value is -1.16. The molecule has 3 nitrogen and oxygen atoms in total. The van der Waals surface area contributed by atoms with Crippen LogP contribution in [0.4, 0.5) is 0 Å². The topological polar surface area (TPSA) is 49.7 Å². The summed E-state index contributed by atoms with van der Waals surface area (Å²) in [5.74, 6) is 0. The summed E-state index contributed by atoms with van der Waals surface area (Å²) in [4.78, 5) is 0. The first-order chi connectivity index (χ1) is 14.7. The predicted molar refractivity (Wildman–Crippen MR) is 140 cm³/mol. The van der Waals surface area contributed by atoms with E-state index in [0.717, 1.165) is 38.9 Å². The Kier molecular flexibility index (Phi) is 32.1. The largest absolute Gasteiger partial charge is 0.392 e. The van der Waals surface area contributed by atoms with Crippen LogP contribution < -0.4 is 0 Å². The van der Waals surface area contributed by atoms with Gasteiger partial charge in [-0.05, 0) is 80.1 Å². The van der Waals surface area contributed by atoms with Gasteiger partial charge in [-0.25, -0.2) is 0 Å². The first-order valence-corrected chi connectivity index (χ1v) is 12.1. The van der Waals surface area contributed by atoms with Gasteiger partial charge in [-0.1, -0.05) is 73.3 Å². The molecule has 0 aromatic rings. The molecule has 184 valence electrons. The van der Waals surface area contributed by atoms with Gasteiger partial charge in [0.1, 0.15) is 0 Å². The van der Waals surface area contributed by atoms with Gasteiger partial charge < -0.3 is 14.9 Å². The van der Waals surface area contributed by atoms with Crippen molar-refractivity contribution in [2.45, 2.75) is 107 Å². The van der Waals surface area contributed by atoms with E-state index in [4.69, 9.17) is 14.9 Å². The molecule has 0 aliphatic heterocycles.